The van der Waals surface area contributed by atoms with Crippen molar-refractivity contribution < 1.29 is 29.0 Å². The summed E-state index contributed by atoms with van der Waals surface area (Å²) in [6.07, 6.45) is 0. The minimum atomic E-state index is -2.00. The lowest BCUT2D eigenvalue weighted by Gasteiger charge is -2.29. The Hall–Kier alpha value is -3.49. The van der Waals surface area contributed by atoms with Crippen molar-refractivity contribution in [2.24, 2.45) is 11.8 Å². The van der Waals surface area contributed by atoms with E-state index in [1.54, 1.807) is 49.4 Å². The number of carbonyl (C=O) groups excluding carboxylic acids is 2. The Morgan fingerprint density at radius 2 is 1.84 bits per heavy atom. The number of benzene rings is 2. The Labute approximate surface area is 177 Å². The Morgan fingerprint density at radius 3 is 2.52 bits per heavy atom. The molecule has 3 aromatic rings. The van der Waals surface area contributed by atoms with Gasteiger partial charge in [0.1, 0.15) is 11.3 Å². The highest BCUT2D eigenvalue weighted by Crippen LogP contribution is 2.50. The number of aryl methyl sites for hydroxylation is 1. The van der Waals surface area contributed by atoms with Gasteiger partial charge in [0.2, 0.25) is 11.8 Å². The van der Waals surface area contributed by atoms with Gasteiger partial charge in [-0.25, -0.2) is 4.90 Å². The molecule has 0 bridgehead atoms. The maximum absolute atomic E-state index is 13.5. The van der Waals surface area contributed by atoms with Crippen LogP contribution in [-0.4, -0.2) is 40.1 Å². The summed E-state index contributed by atoms with van der Waals surface area (Å²) in [6.45, 7) is 0.927. The van der Waals surface area contributed by atoms with Crippen LogP contribution >= 0.6 is 0 Å². The van der Waals surface area contributed by atoms with E-state index in [0.29, 0.717) is 22.6 Å². The van der Waals surface area contributed by atoms with E-state index in [1.807, 2.05) is 12.1 Å². The molecular weight excluding hydrogens is 400 g/mol. The van der Waals surface area contributed by atoms with Gasteiger partial charge in [-0.2, -0.15) is 0 Å². The van der Waals surface area contributed by atoms with Crippen LogP contribution in [0.3, 0.4) is 0 Å². The monoisotopic (exact) mass is 420 g/mol. The molecule has 2 aromatic carbocycles. The summed E-state index contributed by atoms with van der Waals surface area (Å²) in [5.74, 6) is -4.51. The number of fused-ring (bicyclic) bond motifs is 2. The van der Waals surface area contributed by atoms with Crippen LogP contribution in [0.25, 0.3) is 11.0 Å². The molecule has 31 heavy (non-hydrogen) atoms. The number of carbonyl (C=O) groups is 3. The van der Waals surface area contributed by atoms with Crippen molar-refractivity contribution in [1.82, 2.24) is 5.32 Å². The molecule has 8 nitrogen and oxygen atoms in total. The molecule has 2 fully saturated rings. The van der Waals surface area contributed by atoms with E-state index in [1.165, 1.54) is 0 Å². The number of para-hydroxylation sites is 2. The van der Waals surface area contributed by atoms with Gasteiger partial charge in [-0.3, -0.25) is 19.7 Å². The Balaban J connectivity index is 1.67. The zero-order chi connectivity index (χ0) is 21.9. The van der Waals surface area contributed by atoms with Crippen LogP contribution in [0.4, 0.5) is 5.69 Å². The highest BCUT2D eigenvalue weighted by Gasteiger charge is 2.69. The lowest BCUT2D eigenvalue weighted by molar-refractivity contribution is -0.150. The number of aliphatic hydroxyl groups excluding tert-OH is 1. The second kappa shape index (κ2) is 6.76. The number of furan rings is 1. The van der Waals surface area contributed by atoms with Gasteiger partial charge in [-0.15, -0.1) is 0 Å². The number of imide groups is 1. The van der Waals surface area contributed by atoms with Crippen LogP contribution < -0.4 is 10.2 Å². The fraction of sp³-hybridized carbons (Fsp3) is 0.261. The van der Waals surface area contributed by atoms with Crippen LogP contribution in [-0.2, 0) is 14.4 Å². The average Bonchev–Trinajstić information content (AvgIpc) is 3.41. The fourth-order valence-corrected chi connectivity index (χ4v) is 4.86. The number of carboxylic acid groups (broad SMARTS) is 1. The standard InChI is InChI=1S/C23H20N2O6/c1-12-6-2-4-8-14(12)25-20(27)17-18(21(25)28)23(11-26,22(29)30)24-19(17)16-10-13-7-3-5-9-15(13)31-16/h2-10,17-19,24,26H,11H2,1H3,(H,29,30). The van der Waals surface area contributed by atoms with Crippen LogP contribution in [0.2, 0.25) is 0 Å². The molecule has 2 aliphatic heterocycles. The predicted molar refractivity (Wildman–Crippen MR) is 110 cm³/mol. The highest BCUT2D eigenvalue weighted by molar-refractivity contribution is 6.24. The SMILES string of the molecule is Cc1ccccc1N1C(=O)C2C(c3cc4ccccc4o3)NC(CO)(C(=O)O)C2C1=O. The van der Waals surface area contributed by atoms with Crippen molar-refractivity contribution in [3.63, 3.8) is 0 Å². The number of anilines is 1. The first-order valence-electron chi connectivity index (χ1n) is 9.93. The van der Waals surface area contributed by atoms with E-state index < -0.39 is 47.8 Å². The molecule has 0 radical (unpaired) electrons. The van der Waals surface area contributed by atoms with Crippen molar-refractivity contribution in [2.75, 3.05) is 11.5 Å². The largest absolute Gasteiger partial charge is 0.480 e. The minimum absolute atomic E-state index is 0.348. The van der Waals surface area contributed by atoms with E-state index in [2.05, 4.69) is 5.32 Å². The quantitative estimate of drug-likeness (QED) is 0.552. The van der Waals surface area contributed by atoms with Crippen LogP contribution in [0.15, 0.2) is 59.0 Å². The summed E-state index contributed by atoms with van der Waals surface area (Å²) in [6, 6.07) is 15.0. The summed E-state index contributed by atoms with van der Waals surface area (Å²) < 4.78 is 5.91. The third-order valence-corrected chi connectivity index (χ3v) is 6.39. The van der Waals surface area contributed by atoms with Gasteiger partial charge in [0.15, 0.2) is 5.54 Å². The molecule has 3 heterocycles. The Morgan fingerprint density at radius 1 is 1.13 bits per heavy atom. The lowest BCUT2D eigenvalue weighted by atomic mass is 9.80. The number of nitrogens with one attached hydrogen (secondary N) is 1. The van der Waals surface area contributed by atoms with Crippen LogP contribution in [0.1, 0.15) is 17.4 Å². The van der Waals surface area contributed by atoms with Gasteiger partial charge < -0.3 is 14.6 Å². The van der Waals surface area contributed by atoms with Gasteiger partial charge in [-0.1, -0.05) is 36.4 Å². The molecule has 2 saturated heterocycles. The number of hydrogen-bond acceptors (Lipinski definition) is 6. The number of nitrogens with zero attached hydrogens (tertiary/aromatic N) is 1. The van der Waals surface area contributed by atoms with Crippen molar-refractivity contribution in [3.05, 3.63) is 65.9 Å². The van der Waals surface area contributed by atoms with E-state index in [-0.39, 0.29) is 0 Å². The van der Waals surface area contributed by atoms with Gasteiger partial charge in [0.05, 0.1) is 30.2 Å². The van der Waals surface area contributed by atoms with Crippen molar-refractivity contribution >= 4 is 34.4 Å². The Bertz CT molecular complexity index is 1200. The topological polar surface area (TPSA) is 120 Å². The average molecular weight is 420 g/mol. The van der Waals surface area contributed by atoms with Crippen molar-refractivity contribution in [1.29, 1.82) is 0 Å². The molecule has 8 heteroatoms. The summed E-state index contributed by atoms with van der Waals surface area (Å²) in [7, 11) is 0. The third-order valence-electron chi connectivity index (χ3n) is 6.39. The van der Waals surface area contributed by atoms with Crippen LogP contribution in [0.5, 0.6) is 0 Å². The zero-order valence-corrected chi connectivity index (χ0v) is 16.6. The molecule has 0 aliphatic carbocycles. The van der Waals surface area contributed by atoms with Crippen molar-refractivity contribution in [3.8, 4) is 0 Å². The number of hydrogen-bond donors (Lipinski definition) is 3. The predicted octanol–water partition coefficient (Wildman–Crippen LogP) is 2.01. The van der Waals surface area contributed by atoms with E-state index in [9.17, 15) is 24.6 Å². The summed E-state index contributed by atoms with van der Waals surface area (Å²) in [5.41, 5.74) is -0.298. The summed E-state index contributed by atoms with van der Waals surface area (Å²) in [4.78, 5) is 40.3. The second-order valence-electron chi connectivity index (χ2n) is 8.05. The maximum Gasteiger partial charge on any atom is 0.327 e. The second-order valence-corrected chi connectivity index (χ2v) is 8.05. The first-order chi connectivity index (χ1) is 14.9. The number of amides is 2. The lowest BCUT2D eigenvalue weighted by Crippen LogP contribution is -2.58. The molecule has 0 saturated carbocycles. The fourth-order valence-electron chi connectivity index (χ4n) is 4.86. The first kappa shape index (κ1) is 19.5. The minimum Gasteiger partial charge on any atom is -0.480 e. The molecule has 4 atom stereocenters. The highest BCUT2D eigenvalue weighted by atomic mass is 16.4. The molecular formula is C23H20N2O6. The molecule has 4 unspecified atom stereocenters. The third kappa shape index (κ3) is 2.58. The Kier molecular flexibility index (Phi) is 4.25. The summed E-state index contributed by atoms with van der Waals surface area (Å²) in [5, 5.41) is 23.8. The molecule has 3 N–H and O–H groups in total. The van der Waals surface area contributed by atoms with Crippen LogP contribution in [0, 0.1) is 18.8 Å². The van der Waals surface area contributed by atoms with E-state index in [0.717, 1.165) is 10.3 Å². The van der Waals surface area contributed by atoms with Gasteiger partial charge in [0, 0.05) is 5.39 Å². The molecule has 5 rings (SSSR count). The number of rotatable bonds is 4. The first-order valence-corrected chi connectivity index (χ1v) is 9.93. The summed E-state index contributed by atoms with van der Waals surface area (Å²) >= 11 is 0. The zero-order valence-electron chi connectivity index (χ0n) is 16.6. The van der Waals surface area contributed by atoms with Gasteiger partial charge in [0.25, 0.3) is 0 Å². The van der Waals surface area contributed by atoms with E-state index >= 15 is 0 Å². The van der Waals surface area contributed by atoms with Crippen molar-refractivity contribution in [2.45, 2.75) is 18.5 Å². The number of aliphatic carboxylic acids is 1. The number of carboxylic acids is 1. The number of aliphatic hydroxyl groups is 1. The smallest absolute Gasteiger partial charge is 0.327 e. The maximum atomic E-state index is 13.5. The van der Waals surface area contributed by atoms with E-state index in [4.69, 9.17) is 4.42 Å². The molecule has 2 amide bonds. The molecule has 0 spiro atoms. The molecule has 158 valence electrons. The normalized spacial score (nSPS) is 27.8. The van der Waals surface area contributed by atoms with Gasteiger partial charge >= 0.3 is 5.97 Å². The van der Waals surface area contributed by atoms with Gasteiger partial charge in [-0.05, 0) is 30.7 Å². The molecule has 2 aliphatic rings. The molecule has 1 aromatic heterocycles.